The Morgan fingerprint density at radius 1 is 1.12 bits per heavy atom. The zero-order valence-electron chi connectivity index (χ0n) is 14.0. The summed E-state index contributed by atoms with van der Waals surface area (Å²) in [6.07, 6.45) is 0. The predicted octanol–water partition coefficient (Wildman–Crippen LogP) is 4.17. The van der Waals surface area contributed by atoms with Gasteiger partial charge in [0.1, 0.15) is 6.61 Å². The summed E-state index contributed by atoms with van der Waals surface area (Å²) in [5, 5.41) is 6.16. The summed E-state index contributed by atoms with van der Waals surface area (Å²) in [7, 11) is 1.60. The maximum atomic E-state index is 11.9. The molecular formula is C18H21ClN2O3. The van der Waals surface area contributed by atoms with Crippen molar-refractivity contribution < 1.29 is 14.3 Å². The summed E-state index contributed by atoms with van der Waals surface area (Å²) in [5.74, 6) is 1.33. The molecule has 6 heteroatoms. The van der Waals surface area contributed by atoms with Crippen molar-refractivity contribution in [1.82, 2.24) is 5.32 Å². The lowest BCUT2D eigenvalue weighted by atomic mass is 10.2. The van der Waals surface area contributed by atoms with Crippen LogP contribution in [0.1, 0.15) is 11.1 Å². The van der Waals surface area contributed by atoms with Crippen LogP contribution in [-0.2, 0) is 0 Å². The van der Waals surface area contributed by atoms with Gasteiger partial charge in [-0.3, -0.25) is 0 Å². The van der Waals surface area contributed by atoms with E-state index in [4.69, 9.17) is 21.1 Å². The van der Waals surface area contributed by atoms with Crippen molar-refractivity contribution in [3.8, 4) is 11.5 Å². The second-order valence-corrected chi connectivity index (χ2v) is 5.78. The summed E-state index contributed by atoms with van der Waals surface area (Å²) in [6, 6.07) is 10.7. The quantitative estimate of drug-likeness (QED) is 0.770. The van der Waals surface area contributed by atoms with Crippen LogP contribution in [0.2, 0.25) is 5.02 Å². The number of carbonyl (C=O) groups is 1. The number of hydrogen-bond acceptors (Lipinski definition) is 3. The number of rotatable bonds is 6. The van der Waals surface area contributed by atoms with E-state index in [9.17, 15) is 4.79 Å². The van der Waals surface area contributed by atoms with Crippen molar-refractivity contribution in [2.75, 3.05) is 25.6 Å². The number of ether oxygens (including phenoxy) is 2. The van der Waals surface area contributed by atoms with Crippen LogP contribution < -0.4 is 20.1 Å². The first-order valence-electron chi connectivity index (χ1n) is 7.58. The third-order valence-electron chi connectivity index (χ3n) is 3.40. The summed E-state index contributed by atoms with van der Waals surface area (Å²) < 4.78 is 10.9. The molecule has 0 spiro atoms. The van der Waals surface area contributed by atoms with Crippen molar-refractivity contribution in [3.63, 3.8) is 0 Å². The van der Waals surface area contributed by atoms with Crippen LogP contribution in [0.25, 0.3) is 0 Å². The van der Waals surface area contributed by atoms with Gasteiger partial charge in [-0.2, -0.15) is 0 Å². The maximum absolute atomic E-state index is 11.9. The third-order valence-corrected chi connectivity index (χ3v) is 3.64. The van der Waals surface area contributed by atoms with Gasteiger partial charge in [0, 0.05) is 10.7 Å². The molecule has 0 radical (unpaired) electrons. The van der Waals surface area contributed by atoms with E-state index in [-0.39, 0.29) is 6.03 Å². The molecule has 5 nitrogen and oxygen atoms in total. The topological polar surface area (TPSA) is 59.6 Å². The number of halogens is 1. The molecule has 0 bridgehead atoms. The van der Waals surface area contributed by atoms with Crippen LogP contribution in [0.3, 0.4) is 0 Å². The van der Waals surface area contributed by atoms with Gasteiger partial charge in [-0.05, 0) is 55.3 Å². The van der Waals surface area contributed by atoms with Gasteiger partial charge in [0.15, 0.2) is 11.5 Å². The molecule has 2 aromatic carbocycles. The van der Waals surface area contributed by atoms with Crippen molar-refractivity contribution >= 4 is 23.3 Å². The predicted molar refractivity (Wildman–Crippen MR) is 96.4 cm³/mol. The van der Waals surface area contributed by atoms with Gasteiger partial charge in [0.05, 0.1) is 13.7 Å². The van der Waals surface area contributed by atoms with Gasteiger partial charge < -0.3 is 20.1 Å². The molecule has 24 heavy (non-hydrogen) atoms. The molecule has 2 aromatic rings. The van der Waals surface area contributed by atoms with Crippen LogP contribution in [0.4, 0.5) is 10.5 Å². The molecule has 2 amide bonds. The number of carbonyl (C=O) groups excluding carboxylic acids is 1. The third kappa shape index (κ3) is 5.06. The van der Waals surface area contributed by atoms with Crippen LogP contribution in [0.5, 0.6) is 11.5 Å². The second kappa shape index (κ2) is 8.45. The summed E-state index contributed by atoms with van der Waals surface area (Å²) >= 11 is 5.89. The first kappa shape index (κ1) is 17.9. The molecule has 0 atom stereocenters. The Hall–Kier alpha value is -2.40. The molecular weight excluding hydrogens is 328 g/mol. The highest BCUT2D eigenvalue weighted by Crippen LogP contribution is 2.27. The molecule has 2 rings (SSSR count). The van der Waals surface area contributed by atoms with Gasteiger partial charge in [-0.1, -0.05) is 17.7 Å². The van der Waals surface area contributed by atoms with Crippen molar-refractivity contribution in [2.45, 2.75) is 13.8 Å². The smallest absolute Gasteiger partial charge is 0.319 e. The Labute approximate surface area is 146 Å². The molecule has 0 saturated heterocycles. The Balaban J connectivity index is 1.79. The van der Waals surface area contributed by atoms with Crippen molar-refractivity contribution in [3.05, 3.63) is 52.5 Å². The fourth-order valence-corrected chi connectivity index (χ4v) is 2.38. The number of benzene rings is 2. The number of nitrogens with one attached hydrogen (secondary N) is 2. The highest BCUT2D eigenvalue weighted by Gasteiger charge is 2.06. The van der Waals surface area contributed by atoms with Crippen LogP contribution in [0, 0.1) is 13.8 Å². The Kier molecular flexibility index (Phi) is 6.32. The number of hydrogen-bond donors (Lipinski definition) is 2. The molecule has 128 valence electrons. The van der Waals surface area contributed by atoms with E-state index in [0.29, 0.717) is 29.7 Å². The fraction of sp³-hybridized carbons (Fsp3) is 0.278. The number of aryl methyl sites for hydroxylation is 2. The monoisotopic (exact) mass is 348 g/mol. The van der Waals surface area contributed by atoms with E-state index in [1.165, 1.54) is 0 Å². The average Bonchev–Trinajstić information content (AvgIpc) is 2.55. The summed E-state index contributed by atoms with van der Waals surface area (Å²) in [4.78, 5) is 11.9. The highest BCUT2D eigenvalue weighted by molar-refractivity contribution is 6.30. The van der Waals surface area contributed by atoms with E-state index < -0.39 is 0 Å². The standard InChI is InChI=1S/C18H21ClN2O3/c1-12-4-7-16(17(10-12)23-3)24-9-8-20-18(22)21-15-6-5-14(19)11-13(15)2/h4-7,10-11H,8-9H2,1-3H3,(H2,20,21,22). The molecule has 0 aromatic heterocycles. The minimum absolute atomic E-state index is 0.292. The van der Waals surface area contributed by atoms with Gasteiger partial charge in [-0.15, -0.1) is 0 Å². The van der Waals surface area contributed by atoms with Crippen molar-refractivity contribution in [1.29, 1.82) is 0 Å². The number of urea groups is 1. The molecule has 2 N–H and O–H groups in total. The normalized spacial score (nSPS) is 10.2. The zero-order chi connectivity index (χ0) is 17.5. The van der Waals surface area contributed by atoms with E-state index in [1.54, 1.807) is 25.3 Å². The molecule has 0 saturated carbocycles. The minimum Gasteiger partial charge on any atom is -0.493 e. The highest BCUT2D eigenvalue weighted by atomic mass is 35.5. The van der Waals surface area contributed by atoms with Crippen LogP contribution >= 0.6 is 11.6 Å². The SMILES string of the molecule is COc1cc(C)ccc1OCCNC(=O)Nc1ccc(Cl)cc1C. The number of methoxy groups -OCH3 is 1. The number of anilines is 1. The number of amides is 2. The molecule has 0 aliphatic heterocycles. The summed E-state index contributed by atoms with van der Waals surface area (Å²) in [5.41, 5.74) is 2.71. The van der Waals surface area contributed by atoms with E-state index in [1.807, 2.05) is 32.0 Å². The van der Waals surface area contributed by atoms with Gasteiger partial charge >= 0.3 is 6.03 Å². The van der Waals surface area contributed by atoms with E-state index in [2.05, 4.69) is 10.6 Å². The molecule has 0 heterocycles. The Bertz CT molecular complexity index is 719. The first-order valence-corrected chi connectivity index (χ1v) is 7.96. The lowest BCUT2D eigenvalue weighted by Gasteiger charge is -2.13. The van der Waals surface area contributed by atoms with Gasteiger partial charge in [0.25, 0.3) is 0 Å². The first-order chi connectivity index (χ1) is 11.5. The van der Waals surface area contributed by atoms with Crippen LogP contribution in [0.15, 0.2) is 36.4 Å². The Morgan fingerprint density at radius 2 is 1.92 bits per heavy atom. The Morgan fingerprint density at radius 3 is 2.62 bits per heavy atom. The second-order valence-electron chi connectivity index (χ2n) is 5.34. The van der Waals surface area contributed by atoms with E-state index in [0.717, 1.165) is 16.8 Å². The van der Waals surface area contributed by atoms with Crippen LogP contribution in [-0.4, -0.2) is 26.3 Å². The molecule has 0 aliphatic carbocycles. The lowest BCUT2D eigenvalue weighted by molar-refractivity contribution is 0.246. The van der Waals surface area contributed by atoms with E-state index >= 15 is 0 Å². The minimum atomic E-state index is -0.292. The van der Waals surface area contributed by atoms with Crippen molar-refractivity contribution in [2.24, 2.45) is 0 Å². The van der Waals surface area contributed by atoms with Gasteiger partial charge in [-0.25, -0.2) is 4.79 Å². The lowest BCUT2D eigenvalue weighted by Crippen LogP contribution is -2.32. The molecule has 0 fully saturated rings. The zero-order valence-corrected chi connectivity index (χ0v) is 14.7. The maximum Gasteiger partial charge on any atom is 0.319 e. The fourth-order valence-electron chi connectivity index (χ4n) is 2.15. The molecule has 0 unspecified atom stereocenters. The molecule has 0 aliphatic rings. The summed E-state index contributed by atoms with van der Waals surface area (Å²) in [6.45, 7) is 4.58. The average molecular weight is 349 g/mol. The largest absolute Gasteiger partial charge is 0.493 e. The van der Waals surface area contributed by atoms with Gasteiger partial charge in [0.2, 0.25) is 0 Å².